The highest BCUT2D eigenvalue weighted by molar-refractivity contribution is 6.02. The molecule has 3 aromatic rings. The topological polar surface area (TPSA) is 73.5 Å². The van der Waals surface area contributed by atoms with Crippen molar-refractivity contribution >= 4 is 23.3 Å². The maximum Gasteiger partial charge on any atom is 0.319 e. The second kappa shape index (κ2) is 12.0. The summed E-state index contributed by atoms with van der Waals surface area (Å²) in [6.07, 6.45) is 7.31. The van der Waals surface area contributed by atoms with E-state index >= 15 is 0 Å². The third-order valence-corrected chi connectivity index (χ3v) is 7.45. The molecule has 1 aliphatic heterocycles. The average Bonchev–Trinajstić information content (AvgIpc) is 2.94. The van der Waals surface area contributed by atoms with Gasteiger partial charge < -0.3 is 20.9 Å². The molecular weight excluding hydrogens is 460 g/mol. The predicted molar refractivity (Wildman–Crippen MR) is 149 cm³/mol. The fourth-order valence-electron chi connectivity index (χ4n) is 5.43. The van der Waals surface area contributed by atoms with Crippen LogP contribution in [0.1, 0.15) is 59.2 Å². The highest BCUT2D eigenvalue weighted by Crippen LogP contribution is 2.30. The minimum atomic E-state index is -0.206. The van der Waals surface area contributed by atoms with Crippen LogP contribution < -0.4 is 20.9 Å². The summed E-state index contributed by atoms with van der Waals surface area (Å²) in [5, 5.41) is 9.16. The number of hydrogen-bond acceptors (Lipinski definition) is 3. The number of carbonyl (C=O) groups excluding carboxylic acids is 2. The molecule has 0 atom stereocenters. The lowest BCUT2D eigenvalue weighted by atomic mass is 9.96. The molecule has 3 aromatic carbocycles. The summed E-state index contributed by atoms with van der Waals surface area (Å²) >= 11 is 0. The van der Waals surface area contributed by atoms with Crippen molar-refractivity contribution in [2.45, 2.75) is 57.5 Å². The molecule has 1 heterocycles. The quantitative estimate of drug-likeness (QED) is 0.394. The van der Waals surface area contributed by atoms with Crippen LogP contribution in [0.2, 0.25) is 0 Å². The first-order valence-electron chi connectivity index (χ1n) is 13.5. The Balaban J connectivity index is 1.32. The van der Waals surface area contributed by atoms with Gasteiger partial charge in [-0.15, -0.1) is 0 Å². The van der Waals surface area contributed by atoms with Crippen molar-refractivity contribution in [2.24, 2.45) is 0 Å². The summed E-state index contributed by atoms with van der Waals surface area (Å²) in [4.78, 5) is 28.4. The lowest BCUT2D eigenvalue weighted by molar-refractivity contribution is 0.0954. The normalized spacial score (nSPS) is 15.5. The maximum absolute atomic E-state index is 13.4. The Morgan fingerprint density at radius 3 is 2.43 bits per heavy atom. The smallest absolute Gasteiger partial charge is 0.319 e. The van der Waals surface area contributed by atoms with E-state index in [2.05, 4.69) is 57.2 Å². The third kappa shape index (κ3) is 6.50. The molecule has 0 saturated heterocycles. The molecular formula is C31H36N4O2. The predicted octanol–water partition coefficient (Wildman–Crippen LogP) is 5.68. The van der Waals surface area contributed by atoms with Gasteiger partial charge in [-0.05, 0) is 60.6 Å². The zero-order valence-electron chi connectivity index (χ0n) is 21.3. The van der Waals surface area contributed by atoms with E-state index in [1.54, 1.807) is 0 Å². The minimum absolute atomic E-state index is 0.124. The standard InChI is InChI=1S/C31H36N4O2/c36-30(32-19-17-23-9-3-1-4-10-23)28-21-27(34-31(37)33-26-13-5-2-6-14-26)15-16-29(28)35-20-18-24-11-7-8-12-25(24)22-35/h1,3-4,7-12,15-16,21,26H,2,5-6,13-14,17-20,22H2,(H,32,36)(H2,33,34,37). The number of nitrogens with one attached hydrogen (secondary N) is 3. The minimum Gasteiger partial charge on any atom is -0.366 e. The molecule has 3 N–H and O–H groups in total. The number of carbonyl (C=O) groups is 2. The third-order valence-electron chi connectivity index (χ3n) is 7.45. The van der Waals surface area contributed by atoms with E-state index in [1.165, 1.54) is 23.1 Å². The van der Waals surface area contributed by atoms with Gasteiger partial charge in [-0.25, -0.2) is 4.79 Å². The molecule has 37 heavy (non-hydrogen) atoms. The van der Waals surface area contributed by atoms with Gasteiger partial charge in [0, 0.05) is 37.1 Å². The van der Waals surface area contributed by atoms with Crippen molar-refractivity contribution in [3.8, 4) is 0 Å². The molecule has 0 radical (unpaired) electrons. The molecule has 1 fully saturated rings. The van der Waals surface area contributed by atoms with E-state index in [4.69, 9.17) is 0 Å². The summed E-state index contributed by atoms with van der Waals surface area (Å²) in [5.41, 5.74) is 5.95. The van der Waals surface area contributed by atoms with E-state index in [-0.39, 0.29) is 18.0 Å². The number of rotatable bonds is 7. The summed E-state index contributed by atoms with van der Waals surface area (Å²) in [6, 6.07) is 24.3. The Hall–Kier alpha value is -3.80. The van der Waals surface area contributed by atoms with Gasteiger partial charge in [0.05, 0.1) is 5.56 Å². The largest absolute Gasteiger partial charge is 0.366 e. The summed E-state index contributed by atoms with van der Waals surface area (Å²) in [6.45, 7) is 2.15. The van der Waals surface area contributed by atoms with Gasteiger partial charge in [-0.1, -0.05) is 73.9 Å². The Kier molecular flexibility index (Phi) is 8.04. The molecule has 2 aliphatic rings. The second-order valence-corrected chi connectivity index (χ2v) is 10.1. The van der Waals surface area contributed by atoms with Gasteiger partial charge in [0.15, 0.2) is 0 Å². The van der Waals surface area contributed by atoms with Crippen molar-refractivity contribution < 1.29 is 9.59 Å². The summed E-state index contributed by atoms with van der Waals surface area (Å²) in [7, 11) is 0. The molecule has 3 amide bonds. The molecule has 0 aromatic heterocycles. The molecule has 5 rings (SSSR count). The van der Waals surface area contributed by atoms with Gasteiger partial charge >= 0.3 is 6.03 Å². The van der Waals surface area contributed by atoms with Crippen LogP contribution in [0, 0.1) is 0 Å². The van der Waals surface area contributed by atoms with Crippen molar-refractivity contribution in [1.29, 1.82) is 0 Å². The first-order chi connectivity index (χ1) is 18.2. The van der Waals surface area contributed by atoms with Crippen LogP contribution >= 0.6 is 0 Å². The Bertz CT molecular complexity index is 1220. The number of anilines is 2. The first-order valence-corrected chi connectivity index (χ1v) is 13.5. The van der Waals surface area contributed by atoms with Crippen LogP contribution in [-0.4, -0.2) is 31.1 Å². The van der Waals surface area contributed by atoms with Crippen LogP contribution in [0.25, 0.3) is 0 Å². The van der Waals surface area contributed by atoms with Crippen LogP contribution in [0.4, 0.5) is 16.2 Å². The van der Waals surface area contributed by atoms with Gasteiger partial charge in [0.2, 0.25) is 0 Å². The highest BCUT2D eigenvalue weighted by atomic mass is 16.2. The number of nitrogens with zero attached hydrogens (tertiary/aromatic N) is 1. The molecule has 0 unspecified atom stereocenters. The van der Waals surface area contributed by atoms with Gasteiger partial charge in [-0.3, -0.25) is 4.79 Å². The Morgan fingerprint density at radius 2 is 1.62 bits per heavy atom. The van der Waals surface area contributed by atoms with Gasteiger partial charge in [0.1, 0.15) is 0 Å². The molecule has 6 nitrogen and oxygen atoms in total. The number of amides is 3. The fraction of sp³-hybridized carbons (Fsp3) is 0.355. The number of urea groups is 1. The fourth-order valence-corrected chi connectivity index (χ4v) is 5.43. The summed E-state index contributed by atoms with van der Waals surface area (Å²) < 4.78 is 0. The summed E-state index contributed by atoms with van der Waals surface area (Å²) in [5.74, 6) is -0.124. The van der Waals surface area contributed by atoms with Crippen LogP contribution in [0.5, 0.6) is 0 Å². The number of benzene rings is 3. The van der Waals surface area contributed by atoms with E-state index in [1.807, 2.05) is 36.4 Å². The van der Waals surface area contributed by atoms with Crippen molar-refractivity contribution in [3.05, 3.63) is 95.1 Å². The lowest BCUT2D eigenvalue weighted by Gasteiger charge is -2.32. The van der Waals surface area contributed by atoms with Crippen molar-refractivity contribution in [1.82, 2.24) is 10.6 Å². The van der Waals surface area contributed by atoms with Crippen molar-refractivity contribution in [2.75, 3.05) is 23.3 Å². The average molecular weight is 497 g/mol. The van der Waals surface area contributed by atoms with E-state index in [0.717, 1.165) is 57.3 Å². The molecule has 1 aliphatic carbocycles. The first kappa shape index (κ1) is 24.9. The van der Waals surface area contributed by atoms with Gasteiger partial charge in [0.25, 0.3) is 5.91 Å². The maximum atomic E-state index is 13.4. The number of fused-ring (bicyclic) bond motifs is 1. The van der Waals surface area contributed by atoms with E-state index in [9.17, 15) is 9.59 Å². The monoisotopic (exact) mass is 496 g/mol. The molecule has 192 valence electrons. The molecule has 0 spiro atoms. The van der Waals surface area contributed by atoms with Crippen molar-refractivity contribution in [3.63, 3.8) is 0 Å². The molecule has 6 heteroatoms. The van der Waals surface area contributed by atoms with Crippen LogP contribution in [0.3, 0.4) is 0 Å². The zero-order chi connectivity index (χ0) is 25.5. The Labute approximate surface area is 219 Å². The molecule has 0 bridgehead atoms. The zero-order valence-corrected chi connectivity index (χ0v) is 21.3. The van der Waals surface area contributed by atoms with Gasteiger partial charge in [-0.2, -0.15) is 0 Å². The molecule has 1 saturated carbocycles. The van der Waals surface area contributed by atoms with Crippen LogP contribution in [0.15, 0.2) is 72.8 Å². The highest BCUT2D eigenvalue weighted by Gasteiger charge is 2.22. The number of hydrogen-bond donors (Lipinski definition) is 3. The Morgan fingerprint density at radius 1 is 0.865 bits per heavy atom. The van der Waals surface area contributed by atoms with E-state index < -0.39 is 0 Å². The SMILES string of the molecule is O=C(Nc1ccc(N2CCc3ccccc3C2)c(C(=O)NCCc2ccccc2)c1)NC1CCCCC1. The van der Waals surface area contributed by atoms with E-state index in [0.29, 0.717) is 17.8 Å². The van der Waals surface area contributed by atoms with Crippen LogP contribution in [-0.2, 0) is 19.4 Å². The lowest BCUT2D eigenvalue weighted by Crippen LogP contribution is -2.39. The second-order valence-electron chi connectivity index (χ2n) is 10.1.